The van der Waals surface area contributed by atoms with Gasteiger partial charge >= 0.3 is 12.2 Å². The van der Waals surface area contributed by atoms with E-state index in [1.54, 1.807) is 32.6 Å². The molecule has 0 bridgehead atoms. The Morgan fingerprint density at radius 2 is 1.11 bits per heavy atom. The van der Waals surface area contributed by atoms with Crippen LogP contribution in [0.25, 0.3) is 0 Å². The van der Waals surface area contributed by atoms with E-state index in [-0.39, 0.29) is 11.2 Å². The van der Waals surface area contributed by atoms with Crippen LogP contribution in [0.15, 0.2) is 0 Å². The monoisotopic (exact) mass is 612 g/mol. The summed E-state index contributed by atoms with van der Waals surface area (Å²) in [5.74, 6) is 0. The van der Waals surface area contributed by atoms with Gasteiger partial charge in [0, 0.05) is 70.7 Å². The van der Waals surface area contributed by atoms with Gasteiger partial charge in [-0.05, 0) is 67.2 Å². The molecule has 2 heterocycles. The minimum atomic E-state index is -3.52. The lowest BCUT2D eigenvalue weighted by Gasteiger charge is -2.32. The van der Waals surface area contributed by atoms with Crippen molar-refractivity contribution in [2.75, 3.05) is 26.2 Å². The van der Waals surface area contributed by atoms with Crippen LogP contribution in [0, 0.1) is 0 Å². The molecule has 0 unspecified atom stereocenters. The van der Waals surface area contributed by atoms with Gasteiger partial charge in [-0.2, -0.15) is 0 Å². The minimum absolute atomic E-state index is 0.153. The van der Waals surface area contributed by atoms with Crippen LogP contribution in [-0.2, 0) is 23.3 Å². The van der Waals surface area contributed by atoms with Gasteiger partial charge in [-0.25, -0.2) is 18.0 Å². The fourth-order valence-electron chi connectivity index (χ4n) is 3.36. The van der Waals surface area contributed by atoms with Crippen molar-refractivity contribution in [1.29, 1.82) is 0 Å². The van der Waals surface area contributed by atoms with E-state index in [2.05, 4.69) is 21.7 Å². The van der Waals surface area contributed by atoms with Crippen LogP contribution < -0.4 is 0 Å². The predicted molar refractivity (Wildman–Crippen MR) is 146 cm³/mol. The molecule has 0 spiro atoms. The van der Waals surface area contributed by atoms with Gasteiger partial charge in [0.05, 0.1) is 5.25 Å². The van der Waals surface area contributed by atoms with Crippen molar-refractivity contribution in [2.45, 2.75) is 95.9 Å². The Kier molecular flexibility index (Phi) is 15.4. The lowest BCUT2D eigenvalue weighted by Crippen LogP contribution is -2.44. The van der Waals surface area contributed by atoms with Crippen LogP contribution in [0.4, 0.5) is 9.59 Å². The zero-order chi connectivity index (χ0) is 28.3. The van der Waals surface area contributed by atoms with E-state index >= 15 is 0 Å². The number of amides is 2. The Bertz CT molecular complexity index is 814. The summed E-state index contributed by atoms with van der Waals surface area (Å²) in [6.45, 7) is 14.7. The average Bonchev–Trinajstić information content (AvgIpc) is 2.73. The molecule has 0 atom stereocenters. The van der Waals surface area contributed by atoms with Crippen molar-refractivity contribution < 1.29 is 32.3 Å². The second kappa shape index (κ2) is 15.7. The number of ether oxygens (including phenoxy) is 2. The van der Waals surface area contributed by atoms with Crippen LogP contribution in [0.3, 0.4) is 0 Å². The quantitative estimate of drug-likeness (QED) is 0.349. The zero-order valence-electron chi connectivity index (χ0n) is 22.0. The third kappa shape index (κ3) is 15.6. The molecule has 0 aliphatic carbocycles. The molecule has 0 N–H and O–H groups in total. The SMILES string of the molecule is CC(=O)SC1CCN(C(=O)OC(C)(C)C)CC1.CC(C)(C)OC(=O)N1CCC(S(=O)(=O)Cl)CC1.ClCl. The number of hydrogen-bond donors (Lipinski definition) is 0. The molecule has 0 aromatic heterocycles. The maximum Gasteiger partial charge on any atom is 0.410 e. The zero-order valence-corrected chi connectivity index (χ0v) is 25.9. The summed E-state index contributed by atoms with van der Waals surface area (Å²) < 4.78 is 32.8. The molecule has 2 aliphatic heterocycles. The highest BCUT2D eigenvalue weighted by Gasteiger charge is 2.32. The maximum absolute atomic E-state index is 11.8. The van der Waals surface area contributed by atoms with E-state index in [9.17, 15) is 22.8 Å². The van der Waals surface area contributed by atoms with Gasteiger partial charge in [0.1, 0.15) is 11.2 Å². The van der Waals surface area contributed by atoms with Gasteiger partial charge in [0.15, 0.2) is 5.12 Å². The van der Waals surface area contributed by atoms with Crippen LogP contribution in [0.2, 0.25) is 0 Å². The Balaban J connectivity index is 0.000000637. The summed E-state index contributed by atoms with van der Waals surface area (Å²) in [5.41, 5.74) is -0.978. The third-order valence-corrected chi connectivity index (χ3v) is 8.08. The van der Waals surface area contributed by atoms with Crippen LogP contribution in [-0.4, -0.2) is 83.4 Å². The van der Waals surface area contributed by atoms with Crippen molar-refractivity contribution in [3.8, 4) is 0 Å². The maximum atomic E-state index is 11.8. The number of piperidine rings is 2. The Hall–Kier alpha value is -0.620. The number of hydrogen-bond acceptors (Lipinski definition) is 8. The fourth-order valence-corrected chi connectivity index (χ4v) is 5.59. The highest BCUT2D eigenvalue weighted by atomic mass is 36.5. The third-order valence-electron chi connectivity index (χ3n) is 4.92. The highest BCUT2D eigenvalue weighted by Crippen LogP contribution is 2.25. The predicted octanol–water partition coefficient (Wildman–Crippen LogP) is 6.00. The van der Waals surface area contributed by atoms with E-state index in [1.165, 1.54) is 16.7 Å². The number of likely N-dealkylation sites (tertiary alicyclic amines) is 2. The van der Waals surface area contributed by atoms with Gasteiger partial charge in [-0.1, -0.05) is 11.8 Å². The number of carbonyl (C=O) groups is 3. The molecular formula is C22H39Cl3N2O7S2. The second-order valence-electron chi connectivity index (χ2n) is 10.4. The molecule has 0 radical (unpaired) electrons. The lowest BCUT2D eigenvalue weighted by atomic mass is 10.1. The largest absolute Gasteiger partial charge is 0.444 e. The van der Waals surface area contributed by atoms with Crippen LogP contribution in [0.5, 0.6) is 0 Å². The molecule has 2 aliphatic rings. The van der Waals surface area contributed by atoms with Gasteiger partial charge in [0.25, 0.3) is 0 Å². The molecule has 0 saturated carbocycles. The van der Waals surface area contributed by atoms with E-state index < -0.39 is 31.6 Å². The number of halogens is 3. The van der Waals surface area contributed by atoms with Crippen LogP contribution >= 0.6 is 44.2 Å². The first kappa shape index (κ1) is 35.4. The number of rotatable bonds is 2. The summed E-state index contributed by atoms with van der Waals surface area (Å²) >= 11 is 1.38. The van der Waals surface area contributed by atoms with Crippen molar-refractivity contribution in [2.24, 2.45) is 0 Å². The summed E-state index contributed by atoms with van der Waals surface area (Å²) in [6.07, 6.45) is 1.81. The second-order valence-corrected chi connectivity index (χ2v) is 14.8. The Morgan fingerprint density at radius 3 is 1.39 bits per heavy atom. The average molecular weight is 614 g/mol. The molecule has 36 heavy (non-hydrogen) atoms. The number of thioether (sulfide) groups is 1. The van der Waals surface area contributed by atoms with Crippen LogP contribution in [0.1, 0.15) is 74.1 Å². The first-order valence-electron chi connectivity index (χ1n) is 11.6. The molecule has 212 valence electrons. The summed E-state index contributed by atoms with van der Waals surface area (Å²) in [7, 11) is 9.99. The summed E-state index contributed by atoms with van der Waals surface area (Å²) in [5, 5.41) is -0.0465. The van der Waals surface area contributed by atoms with E-state index in [0.717, 1.165) is 12.8 Å². The molecule has 0 aromatic carbocycles. The standard InChI is InChI=1S/C12H21NO3S.C10H18ClNO4S.Cl2/c1-9(14)17-10-5-7-13(8-6-10)11(15)16-12(2,3)4;1-10(2,3)16-9(13)12-6-4-8(5-7-12)17(11,14)15;1-2/h10H,5-8H2,1-4H3;8H,4-7H2,1-3H3;. The molecular weight excluding hydrogens is 575 g/mol. The van der Waals surface area contributed by atoms with E-state index in [0.29, 0.717) is 44.3 Å². The smallest absolute Gasteiger partial charge is 0.410 e. The first-order valence-corrected chi connectivity index (χ1v) is 16.0. The van der Waals surface area contributed by atoms with Gasteiger partial charge in [-0.15, -0.1) is 0 Å². The van der Waals surface area contributed by atoms with E-state index in [4.69, 9.17) is 20.2 Å². The van der Waals surface area contributed by atoms with Crippen molar-refractivity contribution in [3.05, 3.63) is 0 Å². The van der Waals surface area contributed by atoms with Crippen molar-refractivity contribution in [1.82, 2.24) is 9.80 Å². The molecule has 14 heteroatoms. The molecule has 9 nitrogen and oxygen atoms in total. The number of carbonyl (C=O) groups excluding carboxylic acids is 3. The molecule has 0 aromatic rings. The van der Waals surface area contributed by atoms with Crippen molar-refractivity contribution >= 4 is 70.5 Å². The topological polar surface area (TPSA) is 110 Å². The summed E-state index contributed by atoms with van der Waals surface area (Å²) in [4.78, 5) is 37.7. The van der Waals surface area contributed by atoms with Gasteiger partial charge in [0.2, 0.25) is 9.05 Å². The normalized spacial score (nSPS) is 17.7. The van der Waals surface area contributed by atoms with E-state index in [1.807, 2.05) is 20.8 Å². The minimum Gasteiger partial charge on any atom is -0.444 e. The number of nitrogens with zero attached hydrogens (tertiary/aromatic N) is 2. The molecule has 2 rings (SSSR count). The van der Waals surface area contributed by atoms with Gasteiger partial charge in [-0.3, -0.25) is 4.79 Å². The highest BCUT2D eigenvalue weighted by molar-refractivity contribution is 8.14. The summed E-state index contributed by atoms with van der Waals surface area (Å²) in [6, 6.07) is 0. The molecule has 2 amide bonds. The Labute approximate surface area is 233 Å². The first-order chi connectivity index (χ1) is 16.4. The Morgan fingerprint density at radius 1 is 0.778 bits per heavy atom. The molecule has 2 fully saturated rings. The lowest BCUT2D eigenvalue weighted by molar-refractivity contribution is -0.109. The van der Waals surface area contributed by atoms with Gasteiger partial charge < -0.3 is 19.3 Å². The molecule has 2 saturated heterocycles. The fraction of sp³-hybridized carbons (Fsp3) is 0.864. The van der Waals surface area contributed by atoms with Crippen molar-refractivity contribution in [3.63, 3.8) is 0 Å².